The summed E-state index contributed by atoms with van der Waals surface area (Å²) in [5, 5.41) is 11.0. The van der Waals surface area contributed by atoms with E-state index in [4.69, 9.17) is 4.74 Å². The van der Waals surface area contributed by atoms with Crippen LogP contribution in [0, 0.1) is 5.92 Å². The maximum atomic E-state index is 11.0. The monoisotopic (exact) mass is 470 g/mol. The molecule has 1 aliphatic heterocycles. The van der Waals surface area contributed by atoms with Crippen LogP contribution in [-0.4, -0.2) is 18.8 Å². The van der Waals surface area contributed by atoms with Gasteiger partial charge in [-0.2, -0.15) is 0 Å². The van der Waals surface area contributed by atoms with Gasteiger partial charge in [0.2, 0.25) is 0 Å². The van der Waals surface area contributed by atoms with Crippen molar-refractivity contribution in [1.29, 1.82) is 0 Å². The standard InChI is InChI=1S/C30H50O2Si/c1-7-8-9-10-11-13-18-33(5,6)19-14-12-15-24-21-27(31)29-25-20-23(2)16-17-26(25)30(3,4)32-28(29)22-24/h20-22,25-26,31H,7-19H2,1-6H3/t25-,26-/m1/s1. The second kappa shape index (κ2) is 11.5. The van der Waals surface area contributed by atoms with Gasteiger partial charge in [-0.25, -0.2) is 0 Å². The number of benzene rings is 1. The van der Waals surface area contributed by atoms with Gasteiger partial charge in [-0.3, -0.25) is 0 Å². The molecule has 1 N–H and O–H groups in total. The summed E-state index contributed by atoms with van der Waals surface area (Å²) in [5.41, 5.74) is 3.50. The molecule has 0 fully saturated rings. The molecule has 0 saturated carbocycles. The van der Waals surface area contributed by atoms with Crippen LogP contribution in [0.15, 0.2) is 23.8 Å². The molecule has 3 heteroatoms. The lowest BCUT2D eigenvalue weighted by atomic mass is 9.68. The third-order valence-corrected chi connectivity index (χ3v) is 11.7. The van der Waals surface area contributed by atoms with E-state index < -0.39 is 8.07 Å². The highest BCUT2D eigenvalue weighted by molar-refractivity contribution is 6.77. The van der Waals surface area contributed by atoms with Crippen molar-refractivity contribution in [2.24, 2.45) is 5.92 Å². The van der Waals surface area contributed by atoms with E-state index in [1.165, 1.54) is 74.6 Å². The largest absolute Gasteiger partial charge is 0.507 e. The van der Waals surface area contributed by atoms with E-state index in [0.717, 1.165) is 30.6 Å². The van der Waals surface area contributed by atoms with Gasteiger partial charge in [-0.15, -0.1) is 0 Å². The van der Waals surface area contributed by atoms with Gasteiger partial charge in [0.25, 0.3) is 0 Å². The summed E-state index contributed by atoms with van der Waals surface area (Å²) in [6, 6.07) is 7.16. The fraction of sp³-hybridized carbons (Fsp3) is 0.733. The predicted octanol–water partition coefficient (Wildman–Crippen LogP) is 9.39. The topological polar surface area (TPSA) is 29.5 Å². The number of phenolic OH excluding ortho intramolecular Hbond substituents is 1. The number of hydrogen-bond donors (Lipinski definition) is 1. The molecule has 0 spiro atoms. The minimum absolute atomic E-state index is 0.188. The van der Waals surface area contributed by atoms with Crippen molar-refractivity contribution in [1.82, 2.24) is 0 Å². The second-order valence-electron chi connectivity index (χ2n) is 12.3. The van der Waals surface area contributed by atoms with E-state index in [2.05, 4.69) is 52.9 Å². The minimum Gasteiger partial charge on any atom is -0.507 e. The van der Waals surface area contributed by atoms with Gasteiger partial charge in [0, 0.05) is 25.5 Å². The Balaban J connectivity index is 1.53. The summed E-state index contributed by atoms with van der Waals surface area (Å²) < 4.78 is 6.50. The number of phenols is 1. The normalized spacial score (nSPS) is 21.7. The molecule has 186 valence electrons. The molecule has 0 unspecified atom stereocenters. The molecule has 0 aromatic heterocycles. The number of aromatic hydroxyl groups is 1. The maximum absolute atomic E-state index is 11.0. The van der Waals surface area contributed by atoms with Crippen molar-refractivity contribution in [2.75, 3.05) is 0 Å². The fourth-order valence-corrected chi connectivity index (χ4v) is 8.83. The van der Waals surface area contributed by atoms with Crippen molar-refractivity contribution in [3.05, 3.63) is 34.9 Å². The molecule has 3 rings (SSSR count). The van der Waals surface area contributed by atoms with Crippen molar-refractivity contribution >= 4 is 8.07 Å². The molecule has 2 aliphatic rings. The van der Waals surface area contributed by atoms with Gasteiger partial charge in [0.15, 0.2) is 0 Å². The van der Waals surface area contributed by atoms with Crippen molar-refractivity contribution in [3.63, 3.8) is 0 Å². The average molecular weight is 471 g/mol. The van der Waals surface area contributed by atoms with E-state index in [-0.39, 0.29) is 11.5 Å². The number of ether oxygens (including phenoxy) is 1. The molecule has 33 heavy (non-hydrogen) atoms. The molecular formula is C30H50O2Si. The van der Waals surface area contributed by atoms with Gasteiger partial charge in [-0.1, -0.05) is 88.7 Å². The Bertz CT molecular complexity index is 808. The SMILES string of the molecule is CCCCCCCC[Si](C)(C)CCCCc1cc(O)c2c(c1)OC(C)(C)[C@@H]1CCC(C)=C[C@@H]21. The van der Waals surface area contributed by atoms with Gasteiger partial charge in [-0.05, 0) is 64.2 Å². The average Bonchev–Trinajstić information content (AvgIpc) is 2.72. The first-order valence-electron chi connectivity index (χ1n) is 13.8. The zero-order valence-corrected chi connectivity index (χ0v) is 23.4. The lowest BCUT2D eigenvalue weighted by Gasteiger charge is -2.46. The summed E-state index contributed by atoms with van der Waals surface area (Å²) in [5.74, 6) is 2.07. The van der Waals surface area contributed by atoms with Crippen LogP contribution in [0.25, 0.3) is 0 Å². The van der Waals surface area contributed by atoms with Crippen LogP contribution in [0.4, 0.5) is 0 Å². The quantitative estimate of drug-likeness (QED) is 0.187. The van der Waals surface area contributed by atoms with Gasteiger partial charge in [0.05, 0.1) is 0 Å². The first-order chi connectivity index (χ1) is 15.6. The summed E-state index contributed by atoms with van der Waals surface area (Å²) in [6.45, 7) is 14.1. The summed E-state index contributed by atoms with van der Waals surface area (Å²) in [4.78, 5) is 0. The van der Waals surface area contributed by atoms with Crippen LogP contribution in [0.3, 0.4) is 0 Å². The predicted molar refractivity (Wildman–Crippen MR) is 145 cm³/mol. The van der Waals surface area contributed by atoms with E-state index in [1.54, 1.807) is 0 Å². The third-order valence-electron chi connectivity index (χ3n) is 8.30. The summed E-state index contributed by atoms with van der Waals surface area (Å²) >= 11 is 0. The second-order valence-corrected chi connectivity index (χ2v) is 17.6. The highest BCUT2D eigenvalue weighted by Gasteiger charge is 2.45. The Kier molecular flexibility index (Phi) is 9.17. The third kappa shape index (κ3) is 7.13. The Morgan fingerprint density at radius 3 is 2.39 bits per heavy atom. The Morgan fingerprint density at radius 2 is 1.67 bits per heavy atom. The van der Waals surface area contributed by atoms with Crippen molar-refractivity contribution < 1.29 is 9.84 Å². The van der Waals surface area contributed by atoms with Gasteiger partial charge in [0.1, 0.15) is 17.1 Å². The van der Waals surface area contributed by atoms with Crippen LogP contribution in [0.1, 0.15) is 109 Å². The van der Waals surface area contributed by atoms with Gasteiger partial charge >= 0.3 is 0 Å². The lowest BCUT2D eigenvalue weighted by Crippen LogP contribution is -2.45. The van der Waals surface area contributed by atoms with Gasteiger partial charge < -0.3 is 9.84 Å². The molecule has 2 atom stereocenters. The summed E-state index contributed by atoms with van der Waals surface area (Å²) in [6.07, 6.45) is 16.7. The Hall–Kier alpha value is -1.22. The Labute approximate surface area is 205 Å². The molecule has 0 radical (unpaired) electrons. The number of unbranched alkanes of at least 4 members (excludes halogenated alkanes) is 6. The highest BCUT2D eigenvalue weighted by Crippen LogP contribution is 2.53. The van der Waals surface area contributed by atoms with E-state index in [0.29, 0.717) is 11.7 Å². The molecule has 1 aromatic carbocycles. The van der Waals surface area contributed by atoms with Crippen LogP contribution in [0.2, 0.25) is 25.2 Å². The summed E-state index contributed by atoms with van der Waals surface area (Å²) in [7, 11) is -1.07. The molecule has 0 bridgehead atoms. The van der Waals surface area contributed by atoms with Crippen LogP contribution < -0.4 is 4.74 Å². The smallest absolute Gasteiger partial charge is 0.127 e. The molecule has 1 heterocycles. The Morgan fingerprint density at radius 1 is 1.00 bits per heavy atom. The zero-order valence-electron chi connectivity index (χ0n) is 22.4. The minimum atomic E-state index is -1.07. The van der Waals surface area contributed by atoms with Crippen LogP contribution in [-0.2, 0) is 6.42 Å². The number of hydrogen-bond acceptors (Lipinski definition) is 2. The van der Waals surface area contributed by atoms with Crippen LogP contribution in [0.5, 0.6) is 11.5 Å². The van der Waals surface area contributed by atoms with Crippen LogP contribution >= 0.6 is 0 Å². The maximum Gasteiger partial charge on any atom is 0.127 e. The van der Waals surface area contributed by atoms with E-state index >= 15 is 0 Å². The number of allylic oxidation sites excluding steroid dienone is 2. The molecule has 1 aromatic rings. The molecule has 0 amide bonds. The number of aryl methyl sites for hydroxylation is 1. The first kappa shape index (κ1) is 26.4. The van der Waals surface area contributed by atoms with E-state index in [1.807, 2.05) is 6.07 Å². The molecule has 1 aliphatic carbocycles. The molecule has 0 saturated heterocycles. The number of fused-ring (bicyclic) bond motifs is 3. The highest BCUT2D eigenvalue weighted by atomic mass is 28.3. The molecular weight excluding hydrogens is 420 g/mol. The fourth-order valence-electron chi connectivity index (χ4n) is 6.17. The van der Waals surface area contributed by atoms with Crippen molar-refractivity contribution in [3.8, 4) is 11.5 Å². The zero-order chi connectivity index (χ0) is 24.1. The first-order valence-corrected chi connectivity index (χ1v) is 17.3. The molecule has 2 nitrogen and oxygen atoms in total. The lowest BCUT2D eigenvalue weighted by molar-refractivity contribution is 0.0107. The van der Waals surface area contributed by atoms with E-state index in [9.17, 15) is 5.11 Å². The number of rotatable bonds is 12. The van der Waals surface area contributed by atoms with Crippen molar-refractivity contribution in [2.45, 2.75) is 135 Å².